The maximum absolute atomic E-state index is 15.8. The van der Waals surface area contributed by atoms with Crippen LogP contribution in [-0.4, -0.2) is 23.0 Å². The number of halogens is 1. The highest BCUT2D eigenvalue weighted by atomic mass is 19.2. The van der Waals surface area contributed by atoms with Gasteiger partial charge in [0.2, 0.25) is 11.8 Å². The molecule has 0 fully saturated rings. The van der Waals surface area contributed by atoms with Gasteiger partial charge in [0.1, 0.15) is 5.69 Å². The van der Waals surface area contributed by atoms with Crippen molar-refractivity contribution in [3.63, 3.8) is 0 Å². The quantitative estimate of drug-likeness (QED) is 0.308. The van der Waals surface area contributed by atoms with E-state index >= 15 is 4.48 Å². The van der Waals surface area contributed by atoms with Crippen molar-refractivity contribution in [2.45, 2.75) is 12.1 Å². The first-order valence-corrected chi connectivity index (χ1v) is 10.8. The monoisotopic (exact) mass is 472 g/mol. The van der Waals surface area contributed by atoms with E-state index in [9.17, 15) is 4.79 Å². The first-order chi connectivity index (χ1) is 17.0. The number of aromatic nitrogens is 2. The normalized spacial score (nSPS) is 12.4. The van der Waals surface area contributed by atoms with Crippen LogP contribution in [-0.2, 0) is 0 Å². The van der Waals surface area contributed by atoms with Crippen LogP contribution in [0, 0.1) is 0 Å². The van der Waals surface area contributed by atoms with Crippen LogP contribution in [0.15, 0.2) is 91.4 Å². The third kappa shape index (κ3) is 5.36. The molecule has 4 aromatic rings. The molecule has 2 aromatic carbocycles. The molecule has 178 valence electrons. The number of pyridine rings is 2. The summed E-state index contributed by atoms with van der Waals surface area (Å²) in [5.41, 5.74) is 14.4. The molecule has 0 bridgehead atoms. The van der Waals surface area contributed by atoms with Crippen molar-refractivity contribution in [2.24, 2.45) is 11.5 Å². The molecule has 0 aliphatic heterocycles. The van der Waals surface area contributed by atoms with Crippen molar-refractivity contribution in [3.8, 4) is 5.88 Å². The molecule has 0 aliphatic carbocycles. The summed E-state index contributed by atoms with van der Waals surface area (Å²) in [4.78, 5) is 19.8. The highest BCUT2D eigenvalue weighted by molar-refractivity contribution is 5.93. The second-order valence-corrected chi connectivity index (χ2v) is 7.79. The SMILES string of the molecule is COc1cc(N(F)c2cncc(C(N)=O)c2)c(N[C@@H](c2ccccc2)[C@H](N)c2ccccc2)cn1. The molecule has 5 N–H and O–H groups in total. The largest absolute Gasteiger partial charge is 0.481 e. The van der Waals surface area contributed by atoms with Gasteiger partial charge in [-0.25, -0.2) is 4.98 Å². The Morgan fingerprint density at radius 3 is 2.29 bits per heavy atom. The summed E-state index contributed by atoms with van der Waals surface area (Å²) in [6, 6.07) is 21.2. The third-order valence-corrected chi connectivity index (χ3v) is 5.53. The molecule has 0 saturated carbocycles. The summed E-state index contributed by atoms with van der Waals surface area (Å²) in [6.45, 7) is 0. The molecule has 8 nitrogen and oxygen atoms in total. The number of carbonyl (C=O) groups excluding carboxylic acids is 1. The van der Waals surface area contributed by atoms with Crippen LogP contribution >= 0.6 is 0 Å². The van der Waals surface area contributed by atoms with Crippen molar-refractivity contribution in [1.82, 2.24) is 9.97 Å². The van der Waals surface area contributed by atoms with Crippen molar-refractivity contribution in [2.75, 3.05) is 17.5 Å². The van der Waals surface area contributed by atoms with E-state index in [0.29, 0.717) is 10.8 Å². The Morgan fingerprint density at radius 1 is 1.00 bits per heavy atom. The van der Waals surface area contributed by atoms with Crippen LogP contribution in [0.5, 0.6) is 5.88 Å². The summed E-state index contributed by atoms with van der Waals surface area (Å²) in [5, 5.41) is 3.76. The van der Waals surface area contributed by atoms with Gasteiger partial charge in [-0.15, -0.1) is 0 Å². The molecule has 1 amide bonds. The van der Waals surface area contributed by atoms with Gasteiger partial charge in [-0.1, -0.05) is 65.1 Å². The van der Waals surface area contributed by atoms with E-state index in [-0.39, 0.29) is 22.8 Å². The summed E-state index contributed by atoms with van der Waals surface area (Å²) < 4.78 is 21.0. The summed E-state index contributed by atoms with van der Waals surface area (Å²) in [6.07, 6.45) is 4.03. The standard InChI is InChI=1S/C26H25FN6O2/c1-35-23-13-22(33(27)20-12-19(26(29)34)14-30-15-20)21(16-31-23)32-25(18-10-6-3-7-11-18)24(28)17-8-4-2-5-9-17/h2-16,24-25,32H,28H2,1H3,(H2,29,34)/t24-,25+/m1/s1. The molecule has 2 heterocycles. The van der Waals surface area contributed by atoms with Gasteiger partial charge in [0.25, 0.3) is 0 Å². The number of carbonyl (C=O) groups is 1. The molecule has 35 heavy (non-hydrogen) atoms. The van der Waals surface area contributed by atoms with Crippen molar-refractivity contribution < 1.29 is 14.0 Å². The van der Waals surface area contributed by atoms with Gasteiger partial charge in [0.15, 0.2) is 0 Å². The lowest BCUT2D eigenvalue weighted by molar-refractivity contribution is 0.1000. The number of primary amides is 1. The molecule has 2 aromatic heterocycles. The number of hydrogen-bond acceptors (Lipinski definition) is 7. The van der Waals surface area contributed by atoms with Gasteiger partial charge in [0.05, 0.1) is 48.5 Å². The molecule has 0 radical (unpaired) electrons. The van der Waals surface area contributed by atoms with Crippen molar-refractivity contribution >= 4 is 23.0 Å². The van der Waals surface area contributed by atoms with E-state index < -0.39 is 18.0 Å². The minimum Gasteiger partial charge on any atom is -0.481 e. The molecule has 0 spiro atoms. The minimum atomic E-state index is -0.712. The zero-order valence-electron chi connectivity index (χ0n) is 19.0. The fourth-order valence-electron chi connectivity index (χ4n) is 3.70. The number of nitrogens with two attached hydrogens (primary N) is 2. The van der Waals surface area contributed by atoms with Gasteiger partial charge >= 0.3 is 0 Å². The molecule has 4 rings (SSSR count). The maximum atomic E-state index is 15.8. The van der Waals surface area contributed by atoms with E-state index in [1.807, 2.05) is 60.7 Å². The van der Waals surface area contributed by atoms with Crippen LogP contribution in [0.25, 0.3) is 0 Å². The number of nitrogens with zero attached hydrogens (tertiary/aromatic N) is 3. The predicted octanol–water partition coefficient (Wildman–Crippen LogP) is 4.46. The van der Waals surface area contributed by atoms with E-state index in [1.54, 1.807) is 0 Å². The molecule has 9 heteroatoms. The van der Waals surface area contributed by atoms with Crippen LogP contribution in [0.2, 0.25) is 0 Å². The Morgan fingerprint density at radius 2 is 1.66 bits per heavy atom. The first-order valence-electron chi connectivity index (χ1n) is 10.8. The number of ether oxygens (including phenoxy) is 1. The topological polar surface area (TPSA) is 119 Å². The Hall–Kier alpha value is -4.50. The summed E-state index contributed by atoms with van der Waals surface area (Å²) >= 11 is 0. The number of rotatable bonds is 9. The number of anilines is 3. The van der Waals surface area contributed by atoms with Gasteiger partial charge in [-0.3, -0.25) is 9.78 Å². The van der Waals surface area contributed by atoms with E-state index in [0.717, 1.165) is 11.1 Å². The van der Waals surface area contributed by atoms with Gasteiger partial charge in [-0.05, 0) is 17.2 Å². The molecule has 0 saturated heterocycles. The lowest BCUT2D eigenvalue weighted by Crippen LogP contribution is -2.26. The average Bonchev–Trinajstić information content (AvgIpc) is 2.92. The number of methoxy groups -OCH3 is 1. The first kappa shape index (κ1) is 23.7. The second kappa shape index (κ2) is 10.6. The van der Waals surface area contributed by atoms with Gasteiger partial charge in [-0.2, -0.15) is 5.12 Å². The fourth-order valence-corrected chi connectivity index (χ4v) is 3.70. The van der Waals surface area contributed by atoms with Gasteiger partial charge in [0, 0.05) is 12.3 Å². The highest BCUT2D eigenvalue weighted by Gasteiger charge is 2.25. The predicted molar refractivity (Wildman–Crippen MR) is 133 cm³/mol. The van der Waals surface area contributed by atoms with E-state index in [1.165, 1.54) is 37.8 Å². The zero-order valence-corrected chi connectivity index (χ0v) is 19.0. The van der Waals surface area contributed by atoms with Crippen molar-refractivity contribution in [1.29, 1.82) is 0 Å². The lowest BCUT2D eigenvalue weighted by atomic mass is 9.94. The molecule has 0 unspecified atom stereocenters. The van der Waals surface area contributed by atoms with Crippen LogP contribution in [0.3, 0.4) is 0 Å². The minimum absolute atomic E-state index is 0.0150. The Kier molecular flexibility index (Phi) is 7.18. The number of nitrogens with one attached hydrogen (secondary N) is 1. The number of hydrogen-bond donors (Lipinski definition) is 3. The maximum Gasteiger partial charge on any atom is 0.250 e. The summed E-state index contributed by atoms with van der Waals surface area (Å²) in [7, 11) is 1.44. The number of amides is 1. The average molecular weight is 473 g/mol. The van der Waals surface area contributed by atoms with Crippen LogP contribution in [0.4, 0.5) is 21.5 Å². The van der Waals surface area contributed by atoms with Crippen LogP contribution in [0.1, 0.15) is 33.6 Å². The Balaban J connectivity index is 1.76. The van der Waals surface area contributed by atoms with Gasteiger partial charge < -0.3 is 21.5 Å². The number of benzene rings is 2. The summed E-state index contributed by atoms with van der Waals surface area (Å²) in [5.74, 6) is -0.507. The Labute approximate surface area is 202 Å². The second-order valence-electron chi connectivity index (χ2n) is 7.79. The molecular weight excluding hydrogens is 447 g/mol. The van der Waals surface area contributed by atoms with E-state index in [2.05, 4.69) is 15.3 Å². The van der Waals surface area contributed by atoms with Crippen LogP contribution < -0.4 is 26.6 Å². The lowest BCUT2D eigenvalue weighted by Gasteiger charge is -2.29. The zero-order chi connectivity index (χ0) is 24.8. The smallest absolute Gasteiger partial charge is 0.250 e. The molecule has 2 atom stereocenters. The molecular formula is C26H25FN6O2. The third-order valence-electron chi connectivity index (χ3n) is 5.53. The van der Waals surface area contributed by atoms with E-state index in [4.69, 9.17) is 16.2 Å². The fraction of sp³-hybridized carbons (Fsp3) is 0.115. The molecule has 0 aliphatic rings. The highest BCUT2D eigenvalue weighted by Crippen LogP contribution is 2.38. The Bertz CT molecular complexity index is 1290. The van der Waals surface area contributed by atoms with Crippen molar-refractivity contribution in [3.05, 3.63) is 108 Å².